The highest BCUT2D eigenvalue weighted by Crippen LogP contribution is 2.30. The molecule has 16 heteroatoms. The second-order valence-electron chi connectivity index (χ2n) is 8.98. The molecule has 39 heavy (non-hydrogen) atoms. The molecule has 1 aromatic carbocycles. The number of carbonyl (C=O) groups is 2. The predicted octanol–water partition coefficient (Wildman–Crippen LogP) is 0.842. The highest BCUT2D eigenvalue weighted by atomic mass is 32.2. The van der Waals surface area contributed by atoms with Crippen molar-refractivity contribution in [2.24, 2.45) is 5.73 Å². The molecule has 13 nitrogen and oxygen atoms in total. The van der Waals surface area contributed by atoms with Crippen LogP contribution in [0.4, 0.5) is 20.7 Å². The van der Waals surface area contributed by atoms with Gasteiger partial charge < -0.3 is 20.1 Å². The van der Waals surface area contributed by atoms with Gasteiger partial charge in [-0.2, -0.15) is 8.42 Å². The molecule has 3 N–H and O–H groups in total. The predicted molar refractivity (Wildman–Crippen MR) is 140 cm³/mol. The first kappa shape index (κ1) is 30.2. The minimum Gasteiger partial charge on any atom is -0.461 e. The molecule has 3 heterocycles. The second kappa shape index (κ2) is 12.2. The number of cyclic esters (lactones) is 1. The van der Waals surface area contributed by atoms with Gasteiger partial charge in [-0.3, -0.25) is 14.2 Å². The quantitative estimate of drug-likeness (QED) is 0.358. The Bertz CT molecular complexity index is 1400. The third-order valence-corrected chi connectivity index (χ3v) is 7.26. The van der Waals surface area contributed by atoms with Crippen LogP contribution in [0.25, 0.3) is 11.1 Å². The summed E-state index contributed by atoms with van der Waals surface area (Å²) in [7, 11) is -6.66. The molecule has 0 saturated carbocycles. The molecule has 1 amide bonds. The Morgan fingerprint density at radius 2 is 1.92 bits per heavy atom. The van der Waals surface area contributed by atoms with E-state index in [-0.39, 0.29) is 24.7 Å². The molecule has 4 rings (SSSR count). The van der Waals surface area contributed by atoms with Crippen LogP contribution in [-0.4, -0.2) is 94.6 Å². The lowest BCUT2D eigenvalue weighted by Gasteiger charge is -2.27. The molecule has 0 spiro atoms. The van der Waals surface area contributed by atoms with E-state index in [1.165, 1.54) is 24.1 Å². The van der Waals surface area contributed by atoms with E-state index in [2.05, 4.69) is 4.98 Å². The number of rotatable bonds is 6. The fourth-order valence-electron chi connectivity index (χ4n) is 3.71. The number of nitrogens with two attached hydrogens (primary N) is 1. The molecule has 2 aromatic rings. The monoisotopic (exact) mass is 588 g/mol. The Morgan fingerprint density at radius 3 is 2.46 bits per heavy atom. The molecule has 2 aliphatic heterocycles. The maximum absolute atomic E-state index is 14.9. The maximum atomic E-state index is 14.9. The molecule has 0 unspecified atom stereocenters. The van der Waals surface area contributed by atoms with Gasteiger partial charge in [-0.05, 0) is 37.3 Å². The zero-order valence-corrected chi connectivity index (χ0v) is 22.8. The van der Waals surface area contributed by atoms with Crippen molar-refractivity contribution < 1.29 is 44.8 Å². The Kier molecular flexibility index (Phi) is 9.47. The van der Waals surface area contributed by atoms with Gasteiger partial charge in [0.05, 0.1) is 30.0 Å². The number of ether oxygens (including phenoxy) is 2. The van der Waals surface area contributed by atoms with Crippen LogP contribution in [0, 0.1) is 5.82 Å². The van der Waals surface area contributed by atoms with Gasteiger partial charge in [0, 0.05) is 30.4 Å². The van der Waals surface area contributed by atoms with Crippen molar-refractivity contribution in [1.29, 1.82) is 0 Å². The number of anilines is 2. The number of hydrogen-bond acceptors (Lipinski definition) is 11. The van der Waals surface area contributed by atoms with Crippen molar-refractivity contribution in [1.82, 2.24) is 4.98 Å². The number of pyridine rings is 1. The lowest BCUT2D eigenvalue weighted by atomic mass is 10.1. The molecule has 2 saturated heterocycles. The number of halogens is 1. The van der Waals surface area contributed by atoms with Gasteiger partial charge in [0.25, 0.3) is 10.1 Å². The largest absolute Gasteiger partial charge is 0.461 e. The number of benzene rings is 1. The van der Waals surface area contributed by atoms with E-state index in [4.69, 9.17) is 19.8 Å². The molecule has 1 aromatic heterocycles. The van der Waals surface area contributed by atoms with E-state index in [9.17, 15) is 30.8 Å². The van der Waals surface area contributed by atoms with Crippen molar-refractivity contribution in [3.05, 3.63) is 42.3 Å². The Balaban J connectivity index is 0.000000771. The van der Waals surface area contributed by atoms with Crippen LogP contribution in [0.3, 0.4) is 0 Å². The van der Waals surface area contributed by atoms with Gasteiger partial charge in [0.1, 0.15) is 24.3 Å². The number of carbonyl (C=O) groups excluding carboxylic acids is 2. The van der Waals surface area contributed by atoms with Gasteiger partial charge >= 0.3 is 12.1 Å². The summed E-state index contributed by atoms with van der Waals surface area (Å²) in [6.45, 7) is 2.20. The van der Waals surface area contributed by atoms with E-state index >= 15 is 0 Å². The molecular weight excluding hydrogens is 559 g/mol. The van der Waals surface area contributed by atoms with Crippen LogP contribution < -0.4 is 15.5 Å². The summed E-state index contributed by atoms with van der Waals surface area (Å²) in [4.78, 5) is 31.2. The zero-order valence-electron chi connectivity index (χ0n) is 21.2. The minimum absolute atomic E-state index is 0.0842. The smallest absolute Gasteiger partial charge is 0.414 e. The number of sulfone groups is 1. The molecule has 214 valence electrons. The summed E-state index contributed by atoms with van der Waals surface area (Å²) in [5.41, 5.74) is 6.60. The van der Waals surface area contributed by atoms with E-state index in [1.54, 1.807) is 24.3 Å². The Morgan fingerprint density at radius 1 is 1.28 bits per heavy atom. The summed E-state index contributed by atoms with van der Waals surface area (Å²) in [5, 5.41) is 0. The molecule has 2 atom stereocenters. The van der Waals surface area contributed by atoms with Crippen LogP contribution in [0.5, 0.6) is 0 Å². The van der Waals surface area contributed by atoms with Gasteiger partial charge in [-0.1, -0.05) is 0 Å². The highest BCUT2D eigenvalue weighted by molar-refractivity contribution is 7.91. The first-order valence-electron chi connectivity index (χ1n) is 11.7. The third kappa shape index (κ3) is 8.84. The van der Waals surface area contributed by atoms with Gasteiger partial charge in [-0.25, -0.2) is 22.6 Å². The second-order valence-corrected chi connectivity index (χ2v) is 12.7. The van der Waals surface area contributed by atoms with E-state index in [1.807, 2.05) is 4.90 Å². The fraction of sp³-hybridized carbons (Fsp3) is 0.435. The normalized spacial score (nSPS) is 19.5. The number of hydrogen-bond donors (Lipinski definition) is 2. The average Bonchev–Trinajstić information content (AvgIpc) is 3.22. The first-order valence-corrected chi connectivity index (χ1v) is 15.3. The number of esters is 1. The van der Waals surface area contributed by atoms with Crippen LogP contribution in [0.2, 0.25) is 0 Å². The van der Waals surface area contributed by atoms with E-state index in [0.29, 0.717) is 42.0 Å². The number of amides is 1. The van der Waals surface area contributed by atoms with Crippen molar-refractivity contribution in [2.75, 3.05) is 53.8 Å². The van der Waals surface area contributed by atoms with Crippen molar-refractivity contribution in [2.45, 2.75) is 19.1 Å². The van der Waals surface area contributed by atoms with E-state index < -0.39 is 50.0 Å². The lowest BCUT2D eigenvalue weighted by molar-refractivity contribution is -0.147. The molecular formula is C23H29FN4O9S2. The summed E-state index contributed by atoms with van der Waals surface area (Å²) >= 11 is 0. The van der Waals surface area contributed by atoms with Crippen molar-refractivity contribution in [3.8, 4) is 11.1 Å². The van der Waals surface area contributed by atoms with E-state index in [0.717, 1.165) is 0 Å². The molecule has 2 fully saturated rings. The maximum Gasteiger partial charge on any atom is 0.414 e. The van der Waals surface area contributed by atoms with Gasteiger partial charge in [-0.15, -0.1) is 0 Å². The molecule has 2 aliphatic rings. The summed E-state index contributed by atoms with van der Waals surface area (Å²) in [6.07, 6.45) is 0.902. The van der Waals surface area contributed by atoms with Crippen LogP contribution >= 0.6 is 0 Å². The van der Waals surface area contributed by atoms with Gasteiger partial charge in [0.2, 0.25) is 0 Å². The Hall–Kier alpha value is -3.34. The first-order chi connectivity index (χ1) is 18.1. The average molecular weight is 589 g/mol. The standard InChI is InChI=1S/C22H25FN4O6S.CH4O3S/c1-14(24)21(28)32-13-17-12-27(22(29)33-17)16-3-4-18(19(23)10-16)15-2-5-20(25-11-15)26-6-8-34(30,31)9-7-26;1-5(2,3)4/h2-5,10-11,14,17H,6-9,12-13,24H2,1H3;1H3,(H,2,3,4)/t14-,17-;/m1./s1. The summed E-state index contributed by atoms with van der Waals surface area (Å²) in [5.74, 6) is -0.348. The minimum atomic E-state index is -3.67. The highest BCUT2D eigenvalue weighted by Gasteiger charge is 2.34. The van der Waals surface area contributed by atoms with Crippen LogP contribution in [0.1, 0.15) is 6.92 Å². The number of nitrogens with zero attached hydrogens (tertiary/aromatic N) is 3. The number of aromatic nitrogens is 1. The van der Waals surface area contributed by atoms with Crippen molar-refractivity contribution >= 4 is 43.5 Å². The SMILES string of the molecule is CS(=O)(=O)O.C[C@@H](N)C(=O)OC[C@H]1CN(c2ccc(-c3ccc(N4CCS(=O)(=O)CC4)nc3)c(F)c2)C(=O)O1. The van der Waals surface area contributed by atoms with Crippen LogP contribution in [0.15, 0.2) is 36.5 Å². The molecule has 0 aliphatic carbocycles. The fourth-order valence-corrected chi connectivity index (χ4v) is 4.91. The Labute approximate surface area is 225 Å². The van der Waals surface area contributed by atoms with Crippen LogP contribution in [-0.2, 0) is 34.2 Å². The van der Waals surface area contributed by atoms with Crippen molar-refractivity contribution in [3.63, 3.8) is 0 Å². The topological polar surface area (TPSA) is 186 Å². The molecule has 0 radical (unpaired) electrons. The molecule has 0 bridgehead atoms. The van der Waals surface area contributed by atoms with Gasteiger partial charge in [0.15, 0.2) is 15.9 Å². The lowest BCUT2D eigenvalue weighted by Crippen LogP contribution is -2.40. The third-order valence-electron chi connectivity index (χ3n) is 5.65. The summed E-state index contributed by atoms with van der Waals surface area (Å²) < 4.78 is 74.2. The zero-order chi connectivity index (χ0) is 29.0. The summed E-state index contributed by atoms with van der Waals surface area (Å²) in [6, 6.07) is 7.04.